The summed E-state index contributed by atoms with van der Waals surface area (Å²) in [5.41, 5.74) is 9.45. The van der Waals surface area contributed by atoms with Crippen LogP contribution in [0.4, 0.5) is 11.9 Å². The number of fused-ring (bicyclic) bond motifs is 1. The second-order valence-electron chi connectivity index (χ2n) is 8.89. The van der Waals surface area contributed by atoms with Crippen molar-refractivity contribution in [3.63, 3.8) is 0 Å². The quantitative estimate of drug-likeness (QED) is 0.388. The number of nitrogen functional groups attached to an aromatic ring is 1. The van der Waals surface area contributed by atoms with Crippen LogP contribution in [-0.4, -0.2) is 27.7 Å². The highest BCUT2D eigenvalue weighted by Gasteiger charge is 2.40. The van der Waals surface area contributed by atoms with E-state index >= 15 is 0 Å². The summed E-state index contributed by atoms with van der Waals surface area (Å²) in [5.74, 6) is 2.12. The molecule has 0 amide bonds. The fourth-order valence-corrected chi connectivity index (χ4v) is 5.80. The second kappa shape index (κ2) is 9.16. The van der Waals surface area contributed by atoms with Crippen molar-refractivity contribution in [1.29, 1.82) is 0 Å². The van der Waals surface area contributed by atoms with Gasteiger partial charge in [-0.05, 0) is 41.1 Å². The van der Waals surface area contributed by atoms with E-state index in [2.05, 4.69) is 21.5 Å². The van der Waals surface area contributed by atoms with E-state index < -0.39 is 6.04 Å². The first kappa shape index (κ1) is 22.4. The highest BCUT2D eigenvalue weighted by molar-refractivity contribution is 7.10. The SMILES string of the molecule is COc1cc([C@@H]2C3=C(C[C@H](c4cccs4)CC3=O)Nc3nc(N)nn32)ccc1OCc1ccccc1. The molecule has 1 aliphatic heterocycles. The Kier molecular flexibility index (Phi) is 5.69. The minimum Gasteiger partial charge on any atom is -0.493 e. The number of hydrogen-bond donors (Lipinski definition) is 2. The number of ether oxygens (including phenoxy) is 2. The zero-order valence-corrected chi connectivity index (χ0v) is 20.5. The summed E-state index contributed by atoms with van der Waals surface area (Å²) >= 11 is 1.68. The fraction of sp³-hybridized carbons (Fsp3) is 0.222. The van der Waals surface area contributed by atoms with Crippen LogP contribution in [0.1, 0.15) is 40.8 Å². The molecule has 0 bridgehead atoms. The maximum Gasteiger partial charge on any atom is 0.241 e. The van der Waals surface area contributed by atoms with Crippen LogP contribution in [0.25, 0.3) is 0 Å². The molecule has 2 aromatic carbocycles. The average molecular weight is 500 g/mol. The van der Waals surface area contributed by atoms with Crippen LogP contribution in [0.15, 0.2) is 77.3 Å². The predicted octanol–water partition coefficient (Wildman–Crippen LogP) is 4.93. The van der Waals surface area contributed by atoms with E-state index in [0.717, 1.165) is 23.2 Å². The van der Waals surface area contributed by atoms with Crippen LogP contribution in [0.3, 0.4) is 0 Å². The van der Waals surface area contributed by atoms with Gasteiger partial charge in [-0.2, -0.15) is 4.98 Å². The molecule has 0 radical (unpaired) electrons. The molecule has 182 valence electrons. The molecule has 0 saturated heterocycles. The van der Waals surface area contributed by atoms with E-state index in [1.165, 1.54) is 4.88 Å². The third-order valence-corrected chi connectivity index (χ3v) is 7.66. The number of methoxy groups -OCH3 is 1. The van der Waals surface area contributed by atoms with Crippen LogP contribution < -0.4 is 20.5 Å². The van der Waals surface area contributed by atoms with Gasteiger partial charge in [-0.25, -0.2) is 4.68 Å². The molecule has 8 nitrogen and oxygen atoms in total. The van der Waals surface area contributed by atoms with E-state index in [1.807, 2.05) is 60.0 Å². The van der Waals surface area contributed by atoms with Crippen LogP contribution in [0.5, 0.6) is 11.5 Å². The van der Waals surface area contributed by atoms with Gasteiger partial charge in [-0.15, -0.1) is 16.4 Å². The first-order valence-electron chi connectivity index (χ1n) is 11.7. The molecule has 0 unspecified atom stereocenters. The minimum absolute atomic E-state index is 0.0928. The number of rotatable bonds is 6. The van der Waals surface area contributed by atoms with E-state index in [-0.39, 0.29) is 17.6 Å². The summed E-state index contributed by atoms with van der Waals surface area (Å²) in [6, 6.07) is 19.3. The molecule has 36 heavy (non-hydrogen) atoms. The van der Waals surface area contributed by atoms with E-state index in [1.54, 1.807) is 23.1 Å². The Hall–Kier alpha value is -4.11. The van der Waals surface area contributed by atoms with E-state index in [0.29, 0.717) is 36.0 Å². The van der Waals surface area contributed by atoms with E-state index in [9.17, 15) is 4.79 Å². The number of ketones is 1. The van der Waals surface area contributed by atoms with Gasteiger partial charge in [0.05, 0.1) is 7.11 Å². The molecule has 9 heteroatoms. The number of carbonyl (C=O) groups is 1. The maximum absolute atomic E-state index is 13.6. The van der Waals surface area contributed by atoms with Crippen molar-refractivity contribution in [3.8, 4) is 11.5 Å². The number of hydrogen-bond acceptors (Lipinski definition) is 8. The molecule has 2 aromatic heterocycles. The van der Waals surface area contributed by atoms with Gasteiger partial charge < -0.3 is 20.5 Å². The Morgan fingerprint density at radius 3 is 2.75 bits per heavy atom. The zero-order valence-electron chi connectivity index (χ0n) is 19.7. The number of allylic oxidation sites excluding steroid dienone is 2. The number of Topliss-reactive ketones (excluding diaryl/α,β-unsaturated/α-hetero) is 1. The Balaban J connectivity index is 1.37. The number of thiophene rings is 1. The molecule has 6 rings (SSSR count). The summed E-state index contributed by atoms with van der Waals surface area (Å²) in [7, 11) is 1.61. The van der Waals surface area contributed by atoms with Crippen molar-refractivity contribution in [3.05, 3.63) is 93.3 Å². The molecule has 3 heterocycles. The highest BCUT2D eigenvalue weighted by atomic mass is 32.1. The number of benzene rings is 2. The number of carbonyl (C=O) groups excluding carboxylic acids is 1. The summed E-state index contributed by atoms with van der Waals surface area (Å²) in [6.45, 7) is 0.422. The standard InChI is InChI=1S/C27H25N5O3S/c1-34-22-14-17(9-10-21(22)35-15-16-6-3-2-4-7-16)25-24-19(29-27-30-26(28)31-32(25)27)12-18(13-20(24)33)23-8-5-11-36-23/h2-11,14,18,25H,12-13,15H2,1H3,(H3,28,29,30,31)/t18-,25+/m0/s1. The van der Waals surface area contributed by atoms with Gasteiger partial charge in [-0.3, -0.25) is 4.79 Å². The first-order valence-corrected chi connectivity index (χ1v) is 12.6. The number of nitrogens with zero attached hydrogens (tertiary/aromatic N) is 3. The Morgan fingerprint density at radius 2 is 1.97 bits per heavy atom. The topological polar surface area (TPSA) is 104 Å². The second-order valence-corrected chi connectivity index (χ2v) is 9.87. The van der Waals surface area contributed by atoms with Gasteiger partial charge in [0.1, 0.15) is 12.6 Å². The van der Waals surface area contributed by atoms with Crippen LogP contribution >= 0.6 is 11.3 Å². The molecule has 0 saturated carbocycles. The zero-order chi connectivity index (χ0) is 24.6. The monoisotopic (exact) mass is 499 g/mol. The Morgan fingerprint density at radius 1 is 1.11 bits per heavy atom. The van der Waals surface area contributed by atoms with Gasteiger partial charge in [-0.1, -0.05) is 42.5 Å². The lowest BCUT2D eigenvalue weighted by Gasteiger charge is -2.34. The van der Waals surface area contributed by atoms with Crippen LogP contribution in [0, 0.1) is 0 Å². The molecule has 1 aliphatic carbocycles. The molecule has 0 fully saturated rings. The molecule has 0 spiro atoms. The first-order chi connectivity index (χ1) is 17.6. The summed E-state index contributed by atoms with van der Waals surface area (Å²) in [5, 5.41) is 9.81. The molecule has 2 aliphatic rings. The smallest absolute Gasteiger partial charge is 0.241 e. The van der Waals surface area contributed by atoms with Crippen molar-refractivity contribution in [2.24, 2.45) is 0 Å². The lowest BCUT2D eigenvalue weighted by atomic mass is 9.80. The van der Waals surface area contributed by atoms with Gasteiger partial charge in [0.25, 0.3) is 0 Å². The summed E-state index contributed by atoms with van der Waals surface area (Å²) in [6.07, 6.45) is 1.17. The maximum atomic E-state index is 13.6. The number of anilines is 2. The van der Waals surface area contributed by atoms with Crippen molar-refractivity contribution < 1.29 is 14.3 Å². The normalized spacial score (nSPS) is 18.9. The number of nitrogens with one attached hydrogen (secondary N) is 1. The number of nitrogens with two attached hydrogens (primary N) is 1. The summed E-state index contributed by atoms with van der Waals surface area (Å²) in [4.78, 5) is 19.2. The Labute approximate surface area is 212 Å². The molecule has 2 atom stereocenters. The average Bonchev–Trinajstić information content (AvgIpc) is 3.56. The van der Waals surface area contributed by atoms with Crippen LogP contribution in [0.2, 0.25) is 0 Å². The number of aromatic nitrogens is 3. The molecular weight excluding hydrogens is 474 g/mol. The Bertz CT molecular complexity index is 1450. The van der Waals surface area contributed by atoms with Gasteiger partial charge in [0.15, 0.2) is 17.3 Å². The third kappa shape index (κ3) is 4.01. The fourth-order valence-electron chi connectivity index (χ4n) is 4.97. The highest BCUT2D eigenvalue weighted by Crippen LogP contribution is 2.46. The van der Waals surface area contributed by atoms with Crippen molar-refractivity contribution in [2.75, 3.05) is 18.2 Å². The predicted molar refractivity (Wildman–Crippen MR) is 138 cm³/mol. The van der Waals surface area contributed by atoms with Crippen molar-refractivity contribution in [2.45, 2.75) is 31.4 Å². The van der Waals surface area contributed by atoms with Crippen LogP contribution in [-0.2, 0) is 11.4 Å². The summed E-state index contributed by atoms with van der Waals surface area (Å²) < 4.78 is 13.4. The van der Waals surface area contributed by atoms with Crippen molar-refractivity contribution >= 4 is 29.0 Å². The van der Waals surface area contributed by atoms with Gasteiger partial charge >= 0.3 is 0 Å². The lowest BCUT2D eigenvalue weighted by Crippen LogP contribution is -2.33. The largest absolute Gasteiger partial charge is 0.493 e. The van der Waals surface area contributed by atoms with E-state index in [4.69, 9.17) is 15.2 Å². The van der Waals surface area contributed by atoms with Gasteiger partial charge in [0.2, 0.25) is 11.9 Å². The lowest BCUT2D eigenvalue weighted by molar-refractivity contribution is -0.116. The third-order valence-electron chi connectivity index (χ3n) is 6.62. The molecule has 3 N–H and O–H groups in total. The van der Waals surface area contributed by atoms with Crippen molar-refractivity contribution in [1.82, 2.24) is 14.8 Å². The molecular formula is C27H25N5O3S. The van der Waals surface area contributed by atoms with Gasteiger partial charge in [0, 0.05) is 28.5 Å². The minimum atomic E-state index is -0.463. The molecule has 4 aromatic rings.